The van der Waals surface area contributed by atoms with Crippen LogP contribution in [0.4, 0.5) is 0 Å². The third-order valence-electron chi connectivity index (χ3n) is 4.62. The van der Waals surface area contributed by atoms with E-state index in [4.69, 9.17) is 5.73 Å². The number of rotatable bonds is 0. The van der Waals surface area contributed by atoms with E-state index in [2.05, 4.69) is 23.9 Å². The largest absolute Gasteiger partial charge is 0.360 e. The van der Waals surface area contributed by atoms with Gasteiger partial charge < -0.3 is 10.6 Å². The lowest BCUT2D eigenvalue weighted by Gasteiger charge is -2.46. The topological polar surface area (TPSA) is 41.6 Å². The van der Waals surface area contributed by atoms with Crippen molar-refractivity contribution in [2.24, 2.45) is 16.6 Å². The lowest BCUT2D eigenvalue weighted by Crippen LogP contribution is -2.56. The molecule has 0 radical (unpaired) electrons. The Morgan fingerprint density at radius 2 is 2.12 bits per heavy atom. The fourth-order valence-electron chi connectivity index (χ4n) is 3.59. The Hall–Kier alpha value is -0.570. The Morgan fingerprint density at radius 3 is 2.81 bits per heavy atom. The van der Waals surface area contributed by atoms with Gasteiger partial charge in [0, 0.05) is 32.1 Å². The highest BCUT2D eigenvalue weighted by Gasteiger charge is 2.42. The summed E-state index contributed by atoms with van der Waals surface area (Å²) in [5, 5.41) is 0. The molecule has 2 N–H and O–H groups in total. The Morgan fingerprint density at radius 1 is 1.38 bits per heavy atom. The van der Waals surface area contributed by atoms with Crippen LogP contribution >= 0.6 is 0 Å². The molecule has 3 unspecified atom stereocenters. The predicted molar refractivity (Wildman–Crippen MR) is 68.7 cm³/mol. The molecule has 2 fully saturated rings. The zero-order chi connectivity index (χ0) is 11.8. The Labute approximate surface area is 99.1 Å². The summed E-state index contributed by atoms with van der Waals surface area (Å²) in [5.74, 6) is 1.91. The first kappa shape index (κ1) is 11.9. The highest BCUT2D eigenvalue weighted by Crippen LogP contribution is 2.39. The number of amidine groups is 1. The summed E-state index contributed by atoms with van der Waals surface area (Å²) < 4.78 is 0. The lowest BCUT2D eigenvalue weighted by atomic mass is 9.74. The average molecular weight is 223 g/mol. The highest BCUT2D eigenvalue weighted by atomic mass is 15.2. The SMILES string of the molecule is C/N=C1\CCC2C(CCCCC2(C)N)N1C. The maximum absolute atomic E-state index is 6.51. The van der Waals surface area contributed by atoms with Crippen molar-refractivity contribution in [2.75, 3.05) is 14.1 Å². The van der Waals surface area contributed by atoms with Crippen LogP contribution in [-0.4, -0.2) is 36.4 Å². The molecule has 16 heavy (non-hydrogen) atoms. The van der Waals surface area contributed by atoms with Crippen LogP contribution < -0.4 is 5.73 Å². The van der Waals surface area contributed by atoms with Crippen LogP contribution in [0.15, 0.2) is 4.99 Å². The van der Waals surface area contributed by atoms with E-state index in [0.29, 0.717) is 12.0 Å². The molecule has 92 valence electrons. The highest BCUT2D eigenvalue weighted by molar-refractivity contribution is 5.83. The zero-order valence-electron chi connectivity index (χ0n) is 10.9. The number of piperidine rings is 1. The van der Waals surface area contributed by atoms with E-state index in [1.165, 1.54) is 37.9 Å². The molecule has 1 heterocycles. The second-order valence-corrected chi connectivity index (χ2v) is 5.71. The molecule has 1 saturated carbocycles. The predicted octanol–water partition coefficient (Wildman–Crippen LogP) is 2.02. The van der Waals surface area contributed by atoms with Gasteiger partial charge in [-0.05, 0) is 32.1 Å². The van der Waals surface area contributed by atoms with Gasteiger partial charge in [0.15, 0.2) is 0 Å². The van der Waals surface area contributed by atoms with E-state index in [9.17, 15) is 0 Å². The molecule has 3 atom stereocenters. The van der Waals surface area contributed by atoms with Crippen LogP contribution in [0.25, 0.3) is 0 Å². The number of nitrogens with zero attached hydrogens (tertiary/aromatic N) is 2. The fourth-order valence-corrected chi connectivity index (χ4v) is 3.59. The first-order valence-corrected chi connectivity index (χ1v) is 6.53. The molecule has 0 aromatic heterocycles. The molecule has 0 spiro atoms. The summed E-state index contributed by atoms with van der Waals surface area (Å²) in [6.45, 7) is 2.25. The van der Waals surface area contributed by atoms with Gasteiger partial charge in [0.25, 0.3) is 0 Å². The number of likely N-dealkylation sites (tertiary alicyclic amines) is 1. The number of nitrogens with two attached hydrogens (primary N) is 1. The minimum absolute atomic E-state index is 0.0225. The molecular weight excluding hydrogens is 198 g/mol. The van der Waals surface area contributed by atoms with Crippen molar-refractivity contribution >= 4 is 5.84 Å². The van der Waals surface area contributed by atoms with E-state index in [1.807, 2.05) is 7.05 Å². The summed E-state index contributed by atoms with van der Waals surface area (Å²) in [6.07, 6.45) is 7.38. The molecule has 0 bridgehead atoms. The molecular formula is C13H25N3. The zero-order valence-corrected chi connectivity index (χ0v) is 10.9. The summed E-state index contributed by atoms with van der Waals surface area (Å²) in [5.41, 5.74) is 6.54. The molecule has 2 rings (SSSR count). The molecule has 0 aromatic rings. The number of hydrogen-bond acceptors (Lipinski definition) is 2. The van der Waals surface area contributed by atoms with Crippen LogP contribution in [0.5, 0.6) is 0 Å². The molecule has 2 aliphatic rings. The summed E-state index contributed by atoms with van der Waals surface area (Å²) in [4.78, 5) is 6.79. The van der Waals surface area contributed by atoms with E-state index < -0.39 is 0 Å². The molecule has 1 aliphatic heterocycles. The smallest absolute Gasteiger partial charge is 0.0985 e. The lowest BCUT2D eigenvalue weighted by molar-refractivity contribution is 0.141. The number of hydrogen-bond donors (Lipinski definition) is 1. The van der Waals surface area contributed by atoms with Crippen molar-refractivity contribution in [3.05, 3.63) is 0 Å². The Bertz CT molecular complexity index is 283. The Kier molecular flexibility index (Phi) is 3.24. The quantitative estimate of drug-likeness (QED) is 0.682. The van der Waals surface area contributed by atoms with E-state index in [0.717, 1.165) is 6.42 Å². The van der Waals surface area contributed by atoms with E-state index >= 15 is 0 Å². The maximum atomic E-state index is 6.51. The van der Waals surface area contributed by atoms with Crippen molar-refractivity contribution in [1.82, 2.24) is 4.90 Å². The van der Waals surface area contributed by atoms with Crippen molar-refractivity contribution in [1.29, 1.82) is 0 Å². The van der Waals surface area contributed by atoms with Crippen molar-refractivity contribution in [3.63, 3.8) is 0 Å². The van der Waals surface area contributed by atoms with Crippen molar-refractivity contribution < 1.29 is 0 Å². The van der Waals surface area contributed by atoms with Crippen LogP contribution in [0.1, 0.15) is 45.4 Å². The molecule has 0 amide bonds. The maximum Gasteiger partial charge on any atom is 0.0985 e. The summed E-state index contributed by atoms with van der Waals surface area (Å²) in [7, 11) is 4.10. The van der Waals surface area contributed by atoms with Gasteiger partial charge in [0.05, 0.1) is 5.84 Å². The summed E-state index contributed by atoms with van der Waals surface area (Å²) >= 11 is 0. The van der Waals surface area contributed by atoms with Crippen LogP contribution in [0.2, 0.25) is 0 Å². The van der Waals surface area contributed by atoms with Crippen molar-refractivity contribution in [2.45, 2.75) is 57.0 Å². The van der Waals surface area contributed by atoms with E-state index in [1.54, 1.807) is 0 Å². The van der Waals surface area contributed by atoms with Gasteiger partial charge in [-0.3, -0.25) is 4.99 Å². The number of aliphatic imine (C=N–C) groups is 1. The van der Waals surface area contributed by atoms with Gasteiger partial charge in [-0.1, -0.05) is 12.8 Å². The normalized spacial score (nSPS) is 43.0. The van der Waals surface area contributed by atoms with Gasteiger partial charge in [-0.15, -0.1) is 0 Å². The minimum atomic E-state index is 0.0225. The standard InChI is InChI=1S/C13H25N3/c1-13(14)9-5-4-6-11-10(13)7-8-12(15-2)16(11)3/h10-11H,4-9,14H2,1-3H3/b15-12+. The third kappa shape index (κ3) is 1.97. The van der Waals surface area contributed by atoms with Gasteiger partial charge >= 0.3 is 0 Å². The van der Waals surface area contributed by atoms with Crippen LogP contribution in [0.3, 0.4) is 0 Å². The second kappa shape index (κ2) is 4.36. The molecule has 3 nitrogen and oxygen atoms in total. The van der Waals surface area contributed by atoms with Gasteiger partial charge in [0.2, 0.25) is 0 Å². The minimum Gasteiger partial charge on any atom is -0.360 e. The third-order valence-corrected chi connectivity index (χ3v) is 4.62. The first-order chi connectivity index (χ1) is 7.56. The van der Waals surface area contributed by atoms with Crippen LogP contribution in [0, 0.1) is 5.92 Å². The second-order valence-electron chi connectivity index (χ2n) is 5.71. The average Bonchev–Trinajstić information content (AvgIpc) is 2.39. The molecule has 3 heteroatoms. The monoisotopic (exact) mass is 223 g/mol. The van der Waals surface area contributed by atoms with Gasteiger partial charge in [-0.2, -0.15) is 0 Å². The van der Waals surface area contributed by atoms with Gasteiger partial charge in [-0.25, -0.2) is 0 Å². The first-order valence-electron chi connectivity index (χ1n) is 6.53. The molecule has 0 aromatic carbocycles. The Balaban J connectivity index is 2.23. The van der Waals surface area contributed by atoms with Crippen molar-refractivity contribution in [3.8, 4) is 0 Å². The molecule has 1 aliphatic carbocycles. The van der Waals surface area contributed by atoms with Crippen LogP contribution in [-0.2, 0) is 0 Å². The summed E-state index contributed by atoms with van der Waals surface area (Å²) in [6, 6.07) is 0.616. The fraction of sp³-hybridized carbons (Fsp3) is 0.923. The van der Waals surface area contributed by atoms with Gasteiger partial charge in [0.1, 0.15) is 0 Å². The molecule has 1 saturated heterocycles. The number of fused-ring (bicyclic) bond motifs is 1. The van der Waals surface area contributed by atoms with E-state index in [-0.39, 0.29) is 5.54 Å².